The maximum absolute atomic E-state index is 12.0. The van der Waals surface area contributed by atoms with E-state index >= 15 is 0 Å². The fourth-order valence-corrected chi connectivity index (χ4v) is 2.03. The molecule has 1 amide bonds. The van der Waals surface area contributed by atoms with Crippen LogP contribution in [-0.4, -0.2) is 38.0 Å². The number of carbonyl (C=O) groups excluding carboxylic acids is 1. The highest BCUT2D eigenvalue weighted by Gasteiger charge is 2.15. The summed E-state index contributed by atoms with van der Waals surface area (Å²) in [6, 6.07) is 7.81. The third kappa shape index (κ3) is 4.24. The number of hydrogen-bond acceptors (Lipinski definition) is 3. The Hall–Kier alpha value is -1.55. The molecule has 0 aromatic heterocycles. The van der Waals surface area contributed by atoms with Gasteiger partial charge in [-0.15, -0.1) is 0 Å². The van der Waals surface area contributed by atoms with Crippen LogP contribution in [0.1, 0.15) is 31.9 Å². The van der Waals surface area contributed by atoms with Gasteiger partial charge in [0.15, 0.2) is 0 Å². The summed E-state index contributed by atoms with van der Waals surface area (Å²) in [7, 11) is 4.00. The van der Waals surface area contributed by atoms with Crippen LogP contribution in [0.15, 0.2) is 24.3 Å². The molecule has 0 aliphatic heterocycles. The van der Waals surface area contributed by atoms with Gasteiger partial charge in [0.2, 0.25) is 5.91 Å². The van der Waals surface area contributed by atoms with Crippen LogP contribution in [-0.2, 0) is 4.79 Å². The molecule has 0 heterocycles. The van der Waals surface area contributed by atoms with Crippen LogP contribution in [0.25, 0.3) is 0 Å². The van der Waals surface area contributed by atoms with Crippen molar-refractivity contribution in [3.63, 3.8) is 0 Å². The van der Waals surface area contributed by atoms with E-state index in [0.29, 0.717) is 6.42 Å². The summed E-state index contributed by atoms with van der Waals surface area (Å²) in [6.07, 6.45) is 0.364. The smallest absolute Gasteiger partial charge is 0.224 e. The summed E-state index contributed by atoms with van der Waals surface area (Å²) >= 11 is 0. The minimum absolute atomic E-state index is 0.120. The molecule has 1 unspecified atom stereocenters. The molecule has 19 heavy (non-hydrogen) atoms. The van der Waals surface area contributed by atoms with Crippen molar-refractivity contribution in [2.45, 2.75) is 26.3 Å². The molecule has 0 radical (unpaired) electrons. The first-order chi connectivity index (χ1) is 8.99. The molecule has 1 aromatic carbocycles. The van der Waals surface area contributed by atoms with Gasteiger partial charge in [-0.25, -0.2) is 0 Å². The lowest BCUT2D eigenvalue weighted by atomic mass is 10.0. The van der Waals surface area contributed by atoms with Crippen molar-refractivity contribution in [3.05, 3.63) is 29.8 Å². The predicted molar refractivity (Wildman–Crippen MR) is 80.2 cm³/mol. The Morgan fingerprint density at radius 3 is 2.11 bits per heavy atom. The minimum Gasteiger partial charge on any atom is -0.378 e. The molecule has 4 heteroatoms. The van der Waals surface area contributed by atoms with Gasteiger partial charge in [-0.05, 0) is 31.5 Å². The fourth-order valence-electron chi connectivity index (χ4n) is 2.03. The number of anilines is 1. The molecule has 0 spiro atoms. The van der Waals surface area contributed by atoms with E-state index in [1.54, 1.807) is 0 Å². The molecule has 2 N–H and O–H groups in total. The lowest BCUT2D eigenvalue weighted by Gasteiger charge is -2.21. The number of carbonyl (C=O) groups is 1. The molecule has 0 aliphatic rings. The third-order valence-electron chi connectivity index (χ3n) is 3.35. The van der Waals surface area contributed by atoms with Gasteiger partial charge < -0.3 is 15.5 Å². The van der Waals surface area contributed by atoms with E-state index in [1.165, 1.54) is 0 Å². The average molecular weight is 263 g/mol. The maximum Gasteiger partial charge on any atom is 0.224 e. The van der Waals surface area contributed by atoms with Crippen LogP contribution < -0.4 is 10.6 Å². The van der Waals surface area contributed by atoms with Crippen LogP contribution in [0.3, 0.4) is 0 Å². The number of hydrogen-bond donors (Lipinski definition) is 1. The van der Waals surface area contributed by atoms with Crippen LogP contribution in [0.2, 0.25) is 0 Å². The first kappa shape index (κ1) is 15.5. The Kier molecular flexibility index (Phi) is 5.83. The van der Waals surface area contributed by atoms with Crippen LogP contribution in [0, 0.1) is 0 Å². The average Bonchev–Trinajstić information content (AvgIpc) is 2.40. The van der Waals surface area contributed by atoms with Gasteiger partial charge in [-0.2, -0.15) is 0 Å². The highest BCUT2D eigenvalue weighted by Crippen LogP contribution is 2.19. The van der Waals surface area contributed by atoms with E-state index in [4.69, 9.17) is 5.73 Å². The van der Waals surface area contributed by atoms with E-state index in [1.807, 2.05) is 62.0 Å². The summed E-state index contributed by atoms with van der Waals surface area (Å²) in [6.45, 7) is 5.45. The Morgan fingerprint density at radius 1 is 1.16 bits per heavy atom. The summed E-state index contributed by atoms with van der Waals surface area (Å²) in [5.74, 6) is 0.120. The molecular formula is C15H25N3O. The molecule has 4 nitrogen and oxygen atoms in total. The number of rotatable bonds is 6. The lowest BCUT2D eigenvalue weighted by Crippen LogP contribution is -2.32. The first-order valence-electron chi connectivity index (χ1n) is 6.80. The van der Waals surface area contributed by atoms with Gasteiger partial charge in [0.05, 0.1) is 0 Å². The Balaban J connectivity index is 2.67. The Morgan fingerprint density at radius 2 is 1.68 bits per heavy atom. The van der Waals surface area contributed by atoms with Crippen molar-refractivity contribution < 1.29 is 4.79 Å². The normalized spacial score (nSPS) is 12.1. The molecule has 0 aliphatic carbocycles. The van der Waals surface area contributed by atoms with Crippen LogP contribution in [0.5, 0.6) is 0 Å². The van der Waals surface area contributed by atoms with E-state index in [2.05, 4.69) is 0 Å². The second-order valence-corrected chi connectivity index (χ2v) is 4.86. The van der Waals surface area contributed by atoms with E-state index in [0.717, 1.165) is 24.3 Å². The number of benzene rings is 1. The quantitative estimate of drug-likeness (QED) is 0.854. The Bertz CT molecular complexity index is 396. The van der Waals surface area contributed by atoms with Crippen molar-refractivity contribution in [2.75, 3.05) is 32.1 Å². The van der Waals surface area contributed by atoms with Gasteiger partial charge in [-0.3, -0.25) is 4.79 Å². The van der Waals surface area contributed by atoms with Crippen LogP contribution >= 0.6 is 0 Å². The molecule has 0 fully saturated rings. The van der Waals surface area contributed by atoms with E-state index < -0.39 is 0 Å². The predicted octanol–water partition coefficient (Wildman–Crippen LogP) is 2.01. The molecule has 0 saturated heterocycles. The molecule has 0 bridgehead atoms. The van der Waals surface area contributed by atoms with Gasteiger partial charge in [-0.1, -0.05) is 12.1 Å². The van der Waals surface area contributed by atoms with Crippen molar-refractivity contribution >= 4 is 11.6 Å². The zero-order chi connectivity index (χ0) is 14.4. The second-order valence-electron chi connectivity index (χ2n) is 4.86. The largest absolute Gasteiger partial charge is 0.378 e. The second kappa shape index (κ2) is 7.14. The topological polar surface area (TPSA) is 49.6 Å². The highest BCUT2D eigenvalue weighted by atomic mass is 16.2. The minimum atomic E-state index is -0.232. The van der Waals surface area contributed by atoms with Crippen LogP contribution in [0.4, 0.5) is 5.69 Å². The molecular weight excluding hydrogens is 238 g/mol. The molecule has 106 valence electrons. The summed E-state index contributed by atoms with van der Waals surface area (Å²) in [5, 5.41) is 0. The van der Waals surface area contributed by atoms with Gasteiger partial charge >= 0.3 is 0 Å². The molecule has 1 atom stereocenters. The zero-order valence-corrected chi connectivity index (χ0v) is 12.4. The third-order valence-corrected chi connectivity index (χ3v) is 3.35. The number of nitrogens with zero attached hydrogens (tertiary/aromatic N) is 2. The zero-order valence-electron chi connectivity index (χ0n) is 12.4. The van der Waals surface area contributed by atoms with Crippen molar-refractivity contribution in [1.82, 2.24) is 4.90 Å². The summed E-state index contributed by atoms with van der Waals surface area (Å²) < 4.78 is 0. The van der Waals surface area contributed by atoms with Gasteiger partial charge in [0.1, 0.15) is 0 Å². The molecule has 0 saturated carbocycles. The maximum atomic E-state index is 12.0. The molecule has 1 rings (SSSR count). The first-order valence-corrected chi connectivity index (χ1v) is 6.80. The van der Waals surface area contributed by atoms with Crippen molar-refractivity contribution in [3.8, 4) is 0 Å². The molecule has 1 aromatic rings. The summed E-state index contributed by atoms with van der Waals surface area (Å²) in [5.41, 5.74) is 8.24. The van der Waals surface area contributed by atoms with E-state index in [9.17, 15) is 4.79 Å². The lowest BCUT2D eigenvalue weighted by molar-refractivity contribution is -0.131. The van der Waals surface area contributed by atoms with E-state index in [-0.39, 0.29) is 11.9 Å². The van der Waals surface area contributed by atoms with Crippen molar-refractivity contribution in [2.24, 2.45) is 5.73 Å². The van der Waals surface area contributed by atoms with Gasteiger partial charge in [0, 0.05) is 45.3 Å². The number of amides is 1. The fraction of sp³-hybridized carbons (Fsp3) is 0.533. The monoisotopic (exact) mass is 263 g/mol. The van der Waals surface area contributed by atoms with Gasteiger partial charge in [0.25, 0.3) is 0 Å². The van der Waals surface area contributed by atoms with Crippen molar-refractivity contribution in [1.29, 1.82) is 0 Å². The highest BCUT2D eigenvalue weighted by molar-refractivity contribution is 5.77. The summed E-state index contributed by atoms with van der Waals surface area (Å²) in [4.78, 5) is 15.9. The number of nitrogens with two attached hydrogens (primary N) is 1. The standard InChI is InChI=1S/C15H25N3O/c1-5-18(6-2)15(19)11-14(16)12-7-9-13(10-8-12)17(3)4/h7-10,14H,5-6,11,16H2,1-4H3. The Labute approximate surface area is 116 Å². The SMILES string of the molecule is CCN(CC)C(=O)CC(N)c1ccc(N(C)C)cc1.